The van der Waals surface area contributed by atoms with Gasteiger partial charge in [-0.3, -0.25) is 0 Å². The molecule has 1 N–H and O–H groups in total. The Kier molecular flexibility index (Phi) is 1.65. The van der Waals surface area contributed by atoms with Crippen molar-refractivity contribution in [2.75, 3.05) is 0 Å². The normalized spacial score (nSPS) is 6.50. The number of nitrogens with one attached hydrogen (secondary N) is 1. The summed E-state index contributed by atoms with van der Waals surface area (Å²) in [4.78, 5) is 0. The van der Waals surface area contributed by atoms with Gasteiger partial charge in [0.05, 0.1) is 0 Å². The van der Waals surface area contributed by atoms with E-state index in [-0.39, 0.29) is 0 Å². The van der Waals surface area contributed by atoms with Crippen molar-refractivity contribution in [2.45, 2.75) is 0 Å². The summed E-state index contributed by atoms with van der Waals surface area (Å²) in [5.74, 6) is 0. The molecule has 0 unspecified atom stereocenters. The molecule has 4 heavy (non-hydrogen) atoms. The Morgan fingerprint density at radius 3 is 1.50 bits per heavy atom. The summed E-state index contributed by atoms with van der Waals surface area (Å²) >= 11 is -3.94. The quantitative estimate of drug-likeness (QED) is 0.476. The van der Waals surface area contributed by atoms with Crippen LogP contribution < -0.4 is 0 Å². The van der Waals surface area contributed by atoms with Crippen molar-refractivity contribution in [2.24, 2.45) is 0 Å². The molecule has 0 aliphatic heterocycles. The first-order valence-corrected chi connectivity index (χ1v) is 2.32. The molecule has 0 aliphatic carbocycles. The molecule has 0 fully saturated rings. The van der Waals surface area contributed by atoms with Crippen LogP contribution in [0, 0.1) is 4.21 Å². The molecule has 4 heteroatoms. The van der Waals surface area contributed by atoms with Gasteiger partial charge in [0.15, 0.2) is 0 Å². The van der Waals surface area contributed by atoms with Crippen LogP contribution in [0.2, 0.25) is 0 Å². The van der Waals surface area contributed by atoms with Crippen LogP contribution in [0.1, 0.15) is 0 Å². The van der Waals surface area contributed by atoms with Crippen molar-refractivity contribution < 1.29 is 22.8 Å². The number of halogens is 2. The van der Waals surface area contributed by atoms with Crippen molar-refractivity contribution >= 4 is 0 Å². The Labute approximate surface area is 27.8 Å². The summed E-state index contributed by atoms with van der Waals surface area (Å²) in [7, 11) is 0. The zero-order chi connectivity index (χ0) is 3.58. The minimum atomic E-state index is -3.94. The summed E-state index contributed by atoms with van der Waals surface area (Å²) in [5.41, 5.74) is 0. The first-order valence-electron chi connectivity index (χ1n) is 0.562. The third kappa shape index (κ3) is 58.2. The van der Waals surface area contributed by atoms with E-state index in [1.807, 2.05) is 0 Å². The van der Waals surface area contributed by atoms with E-state index in [4.69, 9.17) is 4.21 Å². The average molecular weight is 104 g/mol. The predicted molar refractivity (Wildman–Crippen MR) is 4.94 cm³/mol. The minimum absolute atomic E-state index is 3.94. The maximum absolute atomic E-state index is 10.1. The van der Waals surface area contributed by atoms with Crippen LogP contribution in [-0.4, -0.2) is 0 Å². The zero-order valence-corrected chi connectivity index (χ0v) is 3.10. The fraction of sp³-hybridized carbons (Fsp3) is 0. The average Bonchev–Trinajstić information content (AvgIpc) is 0.811. The van der Waals surface area contributed by atoms with E-state index in [9.17, 15) is 6.82 Å². The van der Waals surface area contributed by atoms with Crippen molar-refractivity contribution in [1.82, 2.24) is 0 Å². The van der Waals surface area contributed by atoms with E-state index in [2.05, 4.69) is 0 Å². The summed E-state index contributed by atoms with van der Waals surface area (Å²) in [5, 5.41) is 0. The molecule has 0 heterocycles. The van der Waals surface area contributed by atoms with Gasteiger partial charge < -0.3 is 0 Å². The second-order valence-electron chi connectivity index (χ2n) is 0.233. The fourth-order valence-electron chi connectivity index (χ4n) is 0. The van der Waals surface area contributed by atoms with Crippen LogP contribution in [0.3, 0.4) is 0 Å². The topological polar surface area (TPSA) is 23.9 Å². The third-order valence-corrected chi connectivity index (χ3v) is 0. The van der Waals surface area contributed by atoms with Gasteiger partial charge in [-0.15, -0.1) is 0 Å². The van der Waals surface area contributed by atoms with Crippen molar-refractivity contribution in [3.05, 3.63) is 0 Å². The SMILES string of the molecule is [NH]=[V]([F])[F]. The molecule has 0 radical (unpaired) electrons. The van der Waals surface area contributed by atoms with Gasteiger partial charge in [0, 0.05) is 0 Å². The molecule has 0 saturated carbocycles. The monoisotopic (exact) mass is 104 g/mol. The Morgan fingerprint density at radius 2 is 1.50 bits per heavy atom. The summed E-state index contributed by atoms with van der Waals surface area (Å²) in [6.07, 6.45) is 0. The van der Waals surface area contributed by atoms with Crippen molar-refractivity contribution in [3.63, 3.8) is 0 Å². The first kappa shape index (κ1) is 4.24. The van der Waals surface area contributed by atoms with Gasteiger partial charge in [-0.25, -0.2) is 0 Å². The molecular formula is HF2NV. The molecule has 0 atom stereocenters. The van der Waals surface area contributed by atoms with E-state index >= 15 is 0 Å². The first-order chi connectivity index (χ1) is 1.73. The van der Waals surface area contributed by atoms with E-state index in [1.54, 1.807) is 0 Å². The van der Waals surface area contributed by atoms with Gasteiger partial charge in [-0.05, 0) is 0 Å². The van der Waals surface area contributed by atoms with Gasteiger partial charge in [0.2, 0.25) is 0 Å². The second-order valence-corrected chi connectivity index (χ2v) is 0.960. The fourth-order valence-corrected chi connectivity index (χ4v) is 0. The maximum atomic E-state index is 10.1. The van der Waals surface area contributed by atoms with E-state index in [0.717, 1.165) is 0 Å². The molecule has 0 spiro atoms. The van der Waals surface area contributed by atoms with E-state index in [1.165, 1.54) is 0 Å². The molecule has 0 saturated heterocycles. The Morgan fingerprint density at radius 1 is 1.50 bits per heavy atom. The van der Waals surface area contributed by atoms with Crippen LogP contribution in [0.4, 0.5) is 6.82 Å². The molecule has 0 aromatic heterocycles. The molecule has 25 valence electrons. The summed E-state index contributed by atoms with van der Waals surface area (Å²) < 4.78 is 25.7. The van der Waals surface area contributed by atoms with Gasteiger partial charge >= 0.3 is 27.0 Å². The Balaban J connectivity index is 2.80. The molecule has 0 aliphatic rings. The Bertz CT molecular complexity index is 29.0. The second kappa shape index (κ2) is 1.55. The van der Waals surface area contributed by atoms with Crippen molar-refractivity contribution in [3.8, 4) is 0 Å². The number of hydrogen-bond donors (Lipinski definition) is 1. The molecule has 0 amide bonds. The van der Waals surface area contributed by atoms with Crippen LogP contribution >= 0.6 is 0 Å². The zero-order valence-electron chi connectivity index (χ0n) is 1.70. The van der Waals surface area contributed by atoms with Gasteiger partial charge in [0.25, 0.3) is 0 Å². The van der Waals surface area contributed by atoms with Crippen LogP contribution in [0.15, 0.2) is 0 Å². The van der Waals surface area contributed by atoms with E-state index in [0.29, 0.717) is 0 Å². The standard InChI is InChI=1S/2FH.HN.V/h3*1H;/q;;;+2/p-2. The van der Waals surface area contributed by atoms with Gasteiger partial charge in [0.1, 0.15) is 0 Å². The summed E-state index contributed by atoms with van der Waals surface area (Å²) in [6.45, 7) is 0. The Hall–Kier alpha value is 0.244. The van der Waals surface area contributed by atoms with E-state index < -0.39 is 15.9 Å². The molecule has 0 bridgehead atoms. The molecular weight excluding hydrogens is 103 g/mol. The molecule has 0 aromatic rings. The predicted octanol–water partition coefficient (Wildman–Crippen LogP) is 1.14. The van der Waals surface area contributed by atoms with Crippen LogP contribution in [0.5, 0.6) is 0 Å². The van der Waals surface area contributed by atoms with Gasteiger partial charge in [-0.2, -0.15) is 0 Å². The summed E-state index contributed by atoms with van der Waals surface area (Å²) in [6, 6.07) is 0. The number of rotatable bonds is 0. The third-order valence-electron chi connectivity index (χ3n) is 0. The van der Waals surface area contributed by atoms with Crippen LogP contribution in [-0.2, 0) is 15.9 Å². The molecule has 1 nitrogen and oxygen atoms in total. The molecule has 0 aromatic carbocycles. The molecule has 0 rings (SSSR count). The van der Waals surface area contributed by atoms with Crippen molar-refractivity contribution in [1.29, 1.82) is 4.21 Å². The van der Waals surface area contributed by atoms with Gasteiger partial charge in [-0.1, -0.05) is 0 Å². The van der Waals surface area contributed by atoms with Crippen LogP contribution in [0.25, 0.3) is 0 Å². The number of hydrogen-bond acceptors (Lipinski definition) is 1.